The summed E-state index contributed by atoms with van der Waals surface area (Å²) in [5, 5.41) is 22.2. The van der Waals surface area contributed by atoms with Gasteiger partial charge in [-0.25, -0.2) is 0 Å². The first-order valence-corrected chi connectivity index (χ1v) is 21.4. The van der Waals surface area contributed by atoms with E-state index >= 15 is 0 Å². The second-order valence-corrected chi connectivity index (χ2v) is 18.8. The lowest BCUT2D eigenvalue weighted by Gasteiger charge is -2.54. The third-order valence-corrected chi connectivity index (χ3v) is 15.9. The summed E-state index contributed by atoms with van der Waals surface area (Å²) in [5.74, 6) is 1.03. The molecule has 1 spiro atoms. The summed E-state index contributed by atoms with van der Waals surface area (Å²) < 4.78 is 68.5. The van der Waals surface area contributed by atoms with Crippen molar-refractivity contribution in [1.29, 1.82) is 0 Å². The third-order valence-electron chi connectivity index (χ3n) is 15.9. The molecule has 9 rings (SSSR count). The maximum absolute atomic E-state index is 11.8. The van der Waals surface area contributed by atoms with Crippen LogP contribution in [-0.2, 0) is 52.1 Å². The Bertz CT molecular complexity index is 1520. The largest absolute Gasteiger partial charge is 0.390 e. The van der Waals surface area contributed by atoms with Crippen LogP contribution >= 0.6 is 0 Å². The van der Waals surface area contributed by atoms with Gasteiger partial charge in [-0.15, -0.1) is 0 Å². The van der Waals surface area contributed by atoms with Gasteiger partial charge in [0.25, 0.3) is 0 Å². The predicted octanol–water partition coefficient (Wildman–Crippen LogP) is 4.55. The Morgan fingerprint density at radius 3 is 1.98 bits per heavy atom. The molecule has 13 heteroatoms. The molecule has 9 aliphatic rings. The van der Waals surface area contributed by atoms with Crippen LogP contribution in [0.4, 0.5) is 0 Å². The number of aliphatic hydroxyl groups is 2. The van der Waals surface area contributed by atoms with Crippen LogP contribution in [0.1, 0.15) is 92.4 Å². The lowest BCUT2D eigenvalue weighted by atomic mass is 9.52. The Morgan fingerprint density at radius 1 is 0.732 bits per heavy atom. The van der Waals surface area contributed by atoms with E-state index in [-0.39, 0.29) is 47.5 Å². The Kier molecular flexibility index (Phi) is 10.9. The number of aliphatic hydroxyl groups excluding tert-OH is 2. The minimum absolute atomic E-state index is 0.0922. The Balaban J connectivity index is 0.821. The summed E-state index contributed by atoms with van der Waals surface area (Å²) in [6.45, 7) is 11.9. The average molecular weight is 791 g/mol. The molecular formula is C43H66O13. The van der Waals surface area contributed by atoms with Crippen LogP contribution in [0.2, 0.25) is 0 Å². The summed E-state index contributed by atoms with van der Waals surface area (Å²) in [7, 11) is 4.93. The van der Waals surface area contributed by atoms with E-state index in [1.54, 1.807) is 32.5 Å². The highest BCUT2D eigenvalue weighted by molar-refractivity contribution is 5.43. The van der Waals surface area contributed by atoms with E-state index in [0.29, 0.717) is 49.9 Å². The van der Waals surface area contributed by atoms with Crippen molar-refractivity contribution in [2.24, 2.45) is 28.6 Å². The molecule has 7 fully saturated rings. The molecule has 5 saturated heterocycles. The SMILES string of the molecule is CO[C@H]1C[C@H](O[C@H]2[C@@H](OC)C[C@H](O[C@@H]3CC4=CCC5=C6C[C@@H]7CO[C@]8(C)OC[C@@]6(CC[C@@H]5[C@@]4(C)C[C@H]3O)[C@H]78)O[C@@H]2C)O[C@H](C)[C@H]1O[C@H]1C[C@@H](OC)[C@@H](O)[C@H](C)O1. The van der Waals surface area contributed by atoms with E-state index in [1.165, 1.54) is 5.57 Å². The maximum Gasteiger partial charge on any atom is 0.169 e. The van der Waals surface area contributed by atoms with E-state index in [1.807, 2.05) is 20.8 Å². The number of hydrogen-bond donors (Lipinski definition) is 2. The predicted molar refractivity (Wildman–Crippen MR) is 200 cm³/mol. The first-order chi connectivity index (χ1) is 26.8. The van der Waals surface area contributed by atoms with E-state index in [2.05, 4.69) is 19.9 Å². The highest BCUT2D eigenvalue weighted by atomic mass is 16.7. The summed E-state index contributed by atoms with van der Waals surface area (Å²) in [5.41, 5.74) is 4.74. The van der Waals surface area contributed by atoms with Crippen LogP contribution in [0.5, 0.6) is 0 Å². The molecule has 2 N–H and O–H groups in total. The molecule has 13 nitrogen and oxygen atoms in total. The van der Waals surface area contributed by atoms with Crippen LogP contribution in [-0.4, -0.2) is 137 Å². The summed E-state index contributed by atoms with van der Waals surface area (Å²) in [6, 6.07) is 0. The van der Waals surface area contributed by atoms with Crippen molar-refractivity contribution in [3.63, 3.8) is 0 Å². The molecule has 56 heavy (non-hydrogen) atoms. The fourth-order valence-corrected chi connectivity index (χ4v) is 13.1. The van der Waals surface area contributed by atoms with Gasteiger partial charge >= 0.3 is 0 Å². The smallest absolute Gasteiger partial charge is 0.169 e. The normalized spacial score (nSPS) is 54.0. The second kappa shape index (κ2) is 15.1. The molecule has 20 atom stereocenters. The van der Waals surface area contributed by atoms with Gasteiger partial charge in [0.05, 0.1) is 62.0 Å². The number of fused-ring (bicyclic) bond motifs is 3. The number of allylic oxidation sites excluding steroid dienone is 2. The fraction of sp³-hybridized carbons (Fsp3) is 0.907. The van der Waals surface area contributed by atoms with Gasteiger partial charge in [-0.05, 0) is 83.5 Å². The van der Waals surface area contributed by atoms with Gasteiger partial charge in [0.2, 0.25) is 0 Å². The molecule has 0 aromatic rings. The standard InChI is InChI=1S/C43H66O13/c1-21-37(45)31(46-6)15-35(51-21)55-39-23(3)53-36(17-33(39)48-8)56-38-22(2)52-34(16-32(38)47-7)54-30-14-25-9-10-26-27(41(25,4)18-29(30)44)11-12-43-20-50-42(5)40(43)24(19-49-42)13-28(26)43/h9,21-24,27,29-40,44-45H,10-20H2,1-8H3/t21-,22+,23+,24+,27-,29+,30+,31+,32-,33-,34-,35-,36-,37-,38+,39+,40+,41-,42+,43+/m0/s1. The van der Waals surface area contributed by atoms with Crippen molar-refractivity contribution in [3.8, 4) is 0 Å². The van der Waals surface area contributed by atoms with Gasteiger partial charge in [-0.2, -0.15) is 0 Å². The molecule has 5 heterocycles. The van der Waals surface area contributed by atoms with Gasteiger partial charge in [0.1, 0.15) is 18.3 Å². The molecule has 0 aromatic carbocycles. The quantitative estimate of drug-likeness (QED) is 0.316. The van der Waals surface area contributed by atoms with E-state index < -0.39 is 55.2 Å². The number of ether oxygens (including phenoxy) is 11. The highest BCUT2D eigenvalue weighted by Crippen LogP contribution is 2.71. The van der Waals surface area contributed by atoms with E-state index in [9.17, 15) is 10.2 Å². The average Bonchev–Trinajstić information content (AvgIpc) is 3.80. The molecule has 0 aromatic heterocycles. The van der Waals surface area contributed by atoms with Crippen molar-refractivity contribution in [2.75, 3.05) is 34.5 Å². The van der Waals surface area contributed by atoms with E-state index in [0.717, 1.165) is 38.9 Å². The van der Waals surface area contributed by atoms with Crippen LogP contribution < -0.4 is 0 Å². The monoisotopic (exact) mass is 790 g/mol. The van der Waals surface area contributed by atoms with Gasteiger partial charge in [-0.1, -0.05) is 29.7 Å². The van der Waals surface area contributed by atoms with Crippen LogP contribution in [0, 0.1) is 28.6 Å². The summed E-state index contributed by atoms with van der Waals surface area (Å²) in [4.78, 5) is 0. The number of hydrogen-bond acceptors (Lipinski definition) is 13. The lowest BCUT2D eigenvalue weighted by Crippen LogP contribution is -2.57. The minimum Gasteiger partial charge on any atom is -0.390 e. The summed E-state index contributed by atoms with van der Waals surface area (Å²) in [6.07, 6.45) is 3.17. The van der Waals surface area contributed by atoms with Crippen molar-refractivity contribution >= 4 is 0 Å². The fourth-order valence-electron chi connectivity index (χ4n) is 13.1. The Hall–Kier alpha value is -1.04. The topological polar surface area (TPSA) is 142 Å². The lowest BCUT2D eigenvalue weighted by molar-refractivity contribution is -0.339. The van der Waals surface area contributed by atoms with Gasteiger partial charge in [0.15, 0.2) is 24.7 Å². The zero-order valence-electron chi connectivity index (χ0n) is 34.6. The van der Waals surface area contributed by atoms with E-state index in [4.69, 9.17) is 52.1 Å². The zero-order chi connectivity index (χ0) is 39.3. The molecule has 0 amide bonds. The maximum atomic E-state index is 11.8. The van der Waals surface area contributed by atoms with Crippen molar-refractivity contribution in [1.82, 2.24) is 0 Å². The molecule has 5 aliphatic heterocycles. The first kappa shape index (κ1) is 40.4. The first-order valence-electron chi connectivity index (χ1n) is 21.4. The van der Waals surface area contributed by atoms with Gasteiger partial charge in [0, 0.05) is 51.9 Å². The highest BCUT2D eigenvalue weighted by Gasteiger charge is 2.70. The van der Waals surface area contributed by atoms with Gasteiger partial charge < -0.3 is 62.3 Å². The van der Waals surface area contributed by atoms with Crippen LogP contribution in [0.3, 0.4) is 0 Å². The molecule has 0 bridgehead atoms. The Labute approximate surface area is 331 Å². The molecule has 316 valence electrons. The van der Waals surface area contributed by atoms with Crippen LogP contribution in [0.15, 0.2) is 22.8 Å². The number of methoxy groups -OCH3 is 3. The minimum atomic E-state index is -0.721. The van der Waals surface area contributed by atoms with Crippen LogP contribution in [0.25, 0.3) is 0 Å². The van der Waals surface area contributed by atoms with Crippen molar-refractivity contribution in [3.05, 3.63) is 22.8 Å². The van der Waals surface area contributed by atoms with Crippen molar-refractivity contribution < 1.29 is 62.3 Å². The molecule has 2 saturated carbocycles. The zero-order valence-corrected chi connectivity index (χ0v) is 34.6. The van der Waals surface area contributed by atoms with Gasteiger partial charge in [-0.3, -0.25) is 0 Å². The third kappa shape index (κ3) is 6.53. The molecule has 0 radical (unpaired) electrons. The summed E-state index contributed by atoms with van der Waals surface area (Å²) >= 11 is 0. The second-order valence-electron chi connectivity index (χ2n) is 18.8. The number of rotatable bonds is 9. The van der Waals surface area contributed by atoms with Crippen molar-refractivity contribution in [2.45, 2.75) is 184 Å². The molecule has 0 unspecified atom stereocenters. The molecular weight excluding hydrogens is 724 g/mol. The molecule has 4 aliphatic carbocycles. The Morgan fingerprint density at radius 2 is 1.34 bits per heavy atom.